The number of unbranched alkanes of at least 4 members (excludes halogenated alkanes) is 4. The van der Waals surface area contributed by atoms with Crippen molar-refractivity contribution in [3.63, 3.8) is 0 Å². The van der Waals surface area contributed by atoms with E-state index in [9.17, 15) is 9.90 Å². The molecule has 0 bridgehead atoms. The minimum atomic E-state index is -1.07. The Morgan fingerprint density at radius 2 is 2.05 bits per heavy atom. The molecule has 6 heteroatoms. The molecule has 2 aromatic rings. The first-order valence-corrected chi connectivity index (χ1v) is 7.66. The summed E-state index contributed by atoms with van der Waals surface area (Å²) in [6, 6.07) is 7.14. The molecule has 0 fully saturated rings. The summed E-state index contributed by atoms with van der Waals surface area (Å²) in [7, 11) is 0. The van der Waals surface area contributed by atoms with Crippen molar-refractivity contribution >= 4 is 11.7 Å². The van der Waals surface area contributed by atoms with Gasteiger partial charge in [-0.3, -0.25) is 0 Å². The molecule has 3 N–H and O–H groups in total. The predicted molar refractivity (Wildman–Crippen MR) is 85.6 cm³/mol. The van der Waals surface area contributed by atoms with Gasteiger partial charge in [0.2, 0.25) is 0 Å². The highest BCUT2D eigenvalue weighted by atomic mass is 16.4. The molecule has 0 aliphatic carbocycles. The minimum Gasteiger partial charge on any atom is -0.476 e. The summed E-state index contributed by atoms with van der Waals surface area (Å²) in [5.41, 5.74) is 7.61. The van der Waals surface area contributed by atoms with Crippen LogP contribution >= 0.6 is 0 Å². The maximum Gasteiger partial charge on any atom is 0.358 e. The van der Waals surface area contributed by atoms with Crippen molar-refractivity contribution in [1.29, 1.82) is 0 Å². The molecule has 22 heavy (non-hydrogen) atoms. The summed E-state index contributed by atoms with van der Waals surface area (Å²) < 4.78 is 1.67. The van der Waals surface area contributed by atoms with Gasteiger partial charge in [0.05, 0.1) is 0 Å². The summed E-state index contributed by atoms with van der Waals surface area (Å²) in [5.74, 6) is -1.07. The fourth-order valence-electron chi connectivity index (χ4n) is 2.45. The zero-order valence-electron chi connectivity index (χ0n) is 12.8. The van der Waals surface area contributed by atoms with E-state index in [2.05, 4.69) is 17.2 Å². The van der Waals surface area contributed by atoms with Crippen LogP contribution in [-0.2, 0) is 6.54 Å². The molecular formula is C16H22N4O2. The topological polar surface area (TPSA) is 94.0 Å². The number of anilines is 1. The molecule has 0 unspecified atom stereocenters. The van der Waals surface area contributed by atoms with Crippen LogP contribution in [0.1, 0.15) is 49.5 Å². The Bertz CT molecular complexity index is 637. The third-order valence-electron chi connectivity index (χ3n) is 3.57. The highest BCUT2D eigenvalue weighted by Gasteiger charge is 2.20. The van der Waals surface area contributed by atoms with Gasteiger partial charge in [-0.15, -0.1) is 5.10 Å². The Balaban J connectivity index is 2.22. The van der Waals surface area contributed by atoms with Gasteiger partial charge in [0.15, 0.2) is 5.69 Å². The van der Waals surface area contributed by atoms with Gasteiger partial charge in [0.1, 0.15) is 5.69 Å². The number of nitrogens with two attached hydrogens (primary N) is 1. The van der Waals surface area contributed by atoms with Crippen LogP contribution in [0.15, 0.2) is 24.3 Å². The normalized spacial score (nSPS) is 10.8. The van der Waals surface area contributed by atoms with Crippen molar-refractivity contribution in [3.8, 4) is 11.3 Å². The Morgan fingerprint density at radius 1 is 1.27 bits per heavy atom. The number of rotatable bonds is 8. The lowest BCUT2D eigenvalue weighted by atomic mass is 10.1. The first-order valence-electron chi connectivity index (χ1n) is 7.66. The van der Waals surface area contributed by atoms with E-state index in [4.69, 9.17) is 5.73 Å². The van der Waals surface area contributed by atoms with E-state index < -0.39 is 5.97 Å². The number of nitrogen functional groups attached to an aromatic ring is 1. The molecule has 1 aromatic carbocycles. The first-order chi connectivity index (χ1) is 10.6. The quantitative estimate of drug-likeness (QED) is 0.577. The van der Waals surface area contributed by atoms with Crippen LogP contribution < -0.4 is 5.73 Å². The van der Waals surface area contributed by atoms with Gasteiger partial charge < -0.3 is 10.8 Å². The van der Waals surface area contributed by atoms with Crippen molar-refractivity contribution < 1.29 is 9.90 Å². The number of nitrogens with zero attached hydrogens (tertiary/aromatic N) is 3. The van der Waals surface area contributed by atoms with E-state index in [0.29, 0.717) is 17.9 Å². The minimum absolute atomic E-state index is 0.0286. The number of aromatic nitrogens is 3. The van der Waals surface area contributed by atoms with E-state index in [1.807, 2.05) is 6.07 Å². The number of carboxylic acids is 1. The van der Waals surface area contributed by atoms with Crippen molar-refractivity contribution in [1.82, 2.24) is 15.0 Å². The van der Waals surface area contributed by atoms with Crippen molar-refractivity contribution in [2.45, 2.75) is 45.6 Å². The van der Waals surface area contributed by atoms with Crippen LogP contribution in [-0.4, -0.2) is 26.1 Å². The molecule has 0 amide bonds. The summed E-state index contributed by atoms with van der Waals surface area (Å²) in [5, 5.41) is 17.1. The van der Waals surface area contributed by atoms with Gasteiger partial charge in [-0.25, -0.2) is 9.48 Å². The van der Waals surface area contributed by atoms with Crippen molar-refractivity contribution in [2.24, 2.45) is 0 Å². The monoisotopic (exact) mass is 302 g/mol. The first kappa shape index (κ1) is 16.0. The van der Waals surface area contributed by atoms with Crippen LogP contribution in [0.5, 0.6) is 0 Å². The van der Waals surface area contributed by atoms with E-state index >= 15 is 0 Å². The molecule has 1 aromatic heterocycles. The van der Waals surface area contributed by atoms with Gasteiger partial charge in [-0.05, 0) is 18.6 Å². The molecule has 0 aliphatic heterocycles. The molecule has 118 valence electrons. The zero-order valence-corrected chi connectivity index (χ0v) is 12.8. The van der Waals surface area contributed by atoms with Gasteiger partial charge in [0, 0.05) is 17.8 Å². The summed E-state index contributed by atoms with van der Waals surface area (Å²) in [6.07, 6.45) is 5.66. The summed E-state index contributed by atoms with van der Waals surface area (Å²) >= 11 is 0. The number of benzene rings is 1. The van der Waals surface area contributed by atoms with Crippen LogP contribution in [0.2, 0.25) is 0 Å². The second-order valence-electron chi connectivity index (χ2n) is 5.35. The van der Waals surface area contributed by atoms with Crippen molar-refractivity contribution in [3.05, 3.63) is 30.0 Å². The van der Waals surface area contributed by atoms with E-state index in [1.165, 1.54) is 19.3 Å². The lowest BCUT2D eigenvalue weighted by Gasteiger charge is -2.08. The smallest absolute Gasteiger partial charge is 0.358 e. The molecule has 6 nitrogen and oxygen atoms in total. The highest BCUT2D eigenvalue weighted by molar-refractivity contribution is 5.92. The van der Waals surface area contributed by atoms with Crippen LogP contribution in [0.25, 0.3) is 11.3 Å². The molecule has 1 heterocycles. The number of aromatic carboxylic acids is 1. The van der Waals surface area contributed by atoms with Gasteiger partial charge in [-0.1, -0.05) is 50.0 Å². The maximum atomic E-state index is 11.4. The third-order valence-corrected chi connectivity index (χ3v) is 3.57. The molecular weight excluding hydrogens is 280 g/mol. The maximum absolute atomic E-state index is 11.4. The van der Waals surface area contributed by atoms with E-state index in [-0.39, 0.29) is 5.69 Å². The molecule has 0 radical (unpaired) electrons. The van der Waals surface area contributed by atoms with Crippen LogP contribution in [0.4, 0.5) is 5.69 Å². The molecule has 0 spiro atoms. The van der Waals surface area contributed by atoms with Crippen LogP contribution in [0.3, 0.4) is 0 Å². The fourth-order valence-corrected chi connectivity index (χ4v) is 2.45. The molecule has 0 atom stereocenters. The summed E-state index contributed by atoms with van der Waals surface area (Å²) in [4.78, 5) is 11.4. The Labute approximate surface area is 129 Å². The Kier molecular flexibility index (Phi) is 5.52. The second-order valence-corrected chi connectivity index (χ2v) is 5.35. The number of carboxylic acid groups (broad SMARTS) is 1. The molecule has 2 rings (SSSR count). The Morgan fingerprint density at radius 3 is 2.73 bits per heavy atom. The highest BCUT2D eigenvalue weighted by Crippen LogP contribution is 2.24. The summed E-state index contributed by atoms with van der Waals surface area (Å²) in [6.45, 7) is 2.84. The molecule has 0 aliphatic rings. The SMILES string of the molecule is CCCCCCCn1nnc(C(=O)O)c1-c1cccc(N)c1. The largest absolute Gasteiger partial charge is 0.476 e. The van der Waals surface area contributed by atoms with Gasteiger partial charge >= 0.3 is 5.97 Å². The average molecular weight is 302 g/mol. The lowest BCUT2D eigenvalue weighted by Crippen LogP contribution is -2.05. The number of aryl methyl sites for hydroxylation is 1. The standard InChI is InChI=1S/C16H22N4O2/c1-2-3-4-5-6-10-20-15(14(16(21)22)18-19-20)12-8-7-9-13(17)11-12/h7-9,11H,2-6,10,17H2,1H3,(H,21,22). The van der Waals surface area contributed by atoms with Gasteiger partial charge in [-0.2, -0.15) is 0 Å². The molecule has 0 saturated heterocycles. The van der Waals surface area contributed by atoms with E-state index in [0.717, 1.165) is 18.4 Å². The fraction of sp³-hybridized carbons (Fsp3) is 0.438. The Hall–Kier alpha value is -2.37. The van der Waals surface area contributed by atoms with Crippen molar-refractivity contribution in [2.75, 3.05) is 5.73 Å². The zero-order chi connectivity index (χ0) is 15.9. The predicted octanol–water partition coefficient (Wildman–Crippen LogP) is 3.20. The van der Waals surface area contributed by atoms with Crippen LogP contribution in [0, 0.1) is 0 Å². The van der Waals surface area contributed by atoms with Gasteiger partial charge in [0.25, 0.3) is 0 Å². The lowest BCUT2D eigenvalue weighted by molar-refractivity contribution is 0.0691. The molecule has 0 saturated carbocycles. The van der Waals surface area contributed by atoms with E-state index in [1.54, 1.807) is 22.9 Å². The average Bonchev–Trinajstić information content (AvgIpc) is 2.91. The number of carbonyl (C=O) groups is 1. The number of hydrogen-bond donors (Lipinski definition) is 2. The second kappa shape index (κ2) is 7.59. The number of hydrogen-bond acceptors (Lipinski definition) is 4. The third kappa shape index (κ3) is 3.84.